The van der Waals surface area contributed by atoms with Gasteiger partial charge in [0.2, 0.25) is 0 Å². The number of thiophene rings is 2. The molecule has 0 saturated heterocycles. The molecule has 0 fully saturated rings. The molecule has 0 saturated carbocycles. The molecule has 0 atom stereocenters. The molecule has 0 amide bonds. The van der Waals surface area contributed by atoms with Crippen LogP contribution in [0.5, 0.6) is 5.75 Å². The number of ether oxygens (including phenoxy) is 1. The summed E-state index contributed by atoms with van der Waals surface area (Å²) in [7, 11) is 0. The van der Waals surface area contributed by atoms with Crippen molar-refractivity contribution in [2.24, 2.45) is 0 Å². The highest BCUT2D eigenvalue weighted by atomic mass is 32.1. The normalized spacial score (nSPS) is 12.7. The topological polar surface area (TPSA) is 9.23 Å². The van der Waals surface area contributed by atoms with Gasteiger partial charge in [0.15, 0.2) is 0 Å². The van der Waals surface area contributed by atoms with Crippen molar-refractivity contribution in [3.8, 4) is 48.9 Å². The predicted molar refractivity (Wildman–Crippen MR) is 123 cm³/mol. The largest absolute Gasteiger partial charge is 0.492 e. The number of rotatable bonds is 4. The minimum absolute atomic E-state index is 0.805. The first kappa shape index (κ1) is 16.8. The first-order valence-corrected chi connectivity index (χ1v) is 11.7. The number of benzene rings is 2. The molecule has 0 unspecified atom stereocenters. The van der Waals surface area contributed by atoms with Crippen LogP contribution in [0.1, 0.15) is 35.1 Å². The van der Waals surface area contributed by atoms with Gasteiger partial charge in [0, 0.05) is 41.8 Å². The number of hydrogen-bond donors (Lipinski definition) is 0. The van der Waals surface area contributed by atoms with Crippen LogP contribution < -0.4 is 4.74 Å². The summed E-state index contributed by atoms with van der Waals surface area (Å²) in [5.74, 6) is 1.11. The summed E-state index contributed by atoms with van der Waals surface area (Å²) in [6.07, 6.45) is 2.27. The summed E-state index contributed by atoms with van der Waals surface area (Å²) < 4.78 is 6.29. The van der Waals surface area contributed by atoms with Crippen molar-refractivity contribution in [1.82, 2.24) is 0 Å². The van der Waals surface area contributed by atoms with E-state index in [4.69, 9.17) is 4.74 Å². The van der Waals surface area contributed by atoms with Crippen molar-refractivity contribution < 1.29 is 4.74 Å². The molecule has 0 N–H and O–H groups in total. The molecule has 4 aromatic rings. The van der Waals surface area contributed by atoms with Gasteiger partial charge >= 0.3 is 0 Å². The molecule has 1 nitrogen and oxygen atoms in total. The Hall–Kier alpha value is -2.10. The van der Waals surface area contributed by atoms with Gasteiger partial charge in [0.05, 0.1) is 6.61 Å². The van der Waals surface area contributed by atoms with Crippen molar-refractivity contribution in [2.75, 3.05) is 6.61 Å². The van der Waals surface area contributed by atoms with Gasteiger partial charge in [-0.15, -0.1) is 22.7 Å². The molecule has 0 spiro atoms. The van der Waals surface area contributed by atoms with Gasteiger partial charge in [-0.25, -0.2) is 0 Å². The van der Waals surface area contributed by atoms with E-state index in [0.29, 0.717) is 0 Å². The van der Waals surface area contributed by atoms with Crippen molar-refractivity contribution in [3.05, 3.63) is 39.6 Å². The molecule has 2 aliphatic carbocycles. The monoisotopic (exact) mass is 402 g/mol. The van der Waals surface area contributed by atoms with Gasteiger partial charge in [-0.05, 0) is 54.7 Å². The molecular formula is C25H22OS2. The first-order chi connectivity index (χ1) is 13.6. The molecule has 2 aliphatic rings. The van der Waals surface area contributed by atoms with Crippen LogP contribution in [0.2, 0.25) is 0 Å². The summed E-state index contributed by atoms with van der Waals surface area (Å²) in [4.78, 5) is 5.59. The van der Waals surface area contributed by atoms with E-state index < -0.39 is 0 Å². The lowest BCUT2D eigenvalue weighted by Crippen LogP contribution is -1.97. The van der Waals surface area contributed by atoms with E-state index in [2.05, 4.69) is 52.0 Å². The van der Waals surface area contributed by atoms with Gasteiger partial charge in [-0.3, -0.25) is 0 Å². The van der Waals surface area contributed by atoms with Crippen LogP contribution in [0, 0.1) is 20.8 Å². The Morgan fingerprint density at radius 1 is 0.750 bits per heavy atom. The van der Waals surface area contributed by atoms with Crippen LogP contribution in [0.25, 0.3) is 53.9 Å². The average molecular weight is 403 g/mol. The SMILES string of the molecule is CCCCOc1c(C)sc2c1-c1ccc3c4c(ccc-2c14)-c1sc(C)c(C)c1-3. The highest BCUT2D eigenvalue weighted by Gasteiger charge is 2.34. The molecular weight excluding hydrogens is 380 g/mol. The Bertz CT molecular complexity index is 1300. The fraction of sp³-hybridized carbons (Fsp3) is 0.280. The van der Waals surface area contributed by atoms with Crippen LogP contribution in [-0.2, 0) is 0 Å². The van der Waals surface area contributed by atoms with E-state index in [-0.39, 0.29) is 0 Å². The predicted octanol–water partition coefficient (Wildman–Crippen LogP) is 8.36. The molecule has 140 valence electrons. The minimum Gasteiger partial charge on any atom is -0.492 e. The maximum atomic E-state index is 6.29. The standard InChI is InChI=1S/C25H22OS2/c1-5-6-11-26-23-14(4)28-25-18-10-9-17-20-15(7-8-16(21(18)20)22(23)25)19-12(2)13(3)27-24(17)19/h7-10H,5-6,11H2,1-4H3. The van der Waals surface area contributed by atoms with Crippen LogP contribution in [0.3, 0.4) is 0 Å². The highest BCUT2D eigenvalue weighted by molar-refractivity contribution is 7.17. The minimum atomic E-state index is 0.805. The number of fused-ring (bicyclic) bond motifs is 6. The Labute approximate surface area is 173 Å². The van der Waals surface area contributed by atoms with Gasteiger partial charge < -0.3 is 4.74 Å². The van der Waals surface area contributed by atoms with E-state index in [1.807, 2.05) is 22.7 Å². The highest BCUT2D eigenvalue weighted by Crippen LogP contribution is 2.62. The second kappa shape index (κ2) is 5.71. The van der Waals surface area contributed by atoms with Crippen LogP contribution >= 0.6 is 22.7 Å². The smallest absolute Gasteiger partial charge is 0.141 e. The lowest BCUT2D eigenvalue weighted by atomic mass is 9.96. The lowest BCUT2D eigenvalue weighted by Gasteiger charge is -2.10. The maximum absolute atomic E-state index is 6.29. The van der Waals surface area contributed by atoms with Crippen molar-refractivity contribution in [1.29, 1.82) is 0 Å². The summed E-state index contributed by atoms with van der Waals surface area (Å²) in [5, 5.41) is 2.90. The quantitative estimate of drug-likeness (QED) is 0.269. The number of unbranched alkanes of at least 4 members (excludes halogenated alkanes) is 1. The average Bonchev–Trinajstić information content (AvgIpc) is 3.36. The number of hydrogen-bond acceptors (Lipinski definition) is 3. The third-order valence-electron chi connectivity index (χ3n) is 6.35. The lowest BCUT2D eigenvalue weighted by molar-refractivity contribution is 0.310. The zero-order valence-electron chi connectivity index (χ0n) is 16.7. The molecule has 2 aromatic carbocycles. The van der Waals surface area contributed by atoms with E-state index in [0.717, 1.165) is 25.2 Å². The fourth-order valence-corrected chi connectivity index (χ4v) is 7.24. The summed E-state index contributed by atoms with van der Waals surface area (Å²) in [6.45, 7) is 9.74. The second-order valence-electron chi connectivity index (χ2n) is 7.95. The molecule has 2 aromatic heterocycles. The Balaban J connectivity index is 1.62. The van der Waals surface area contributed by atoms with E-state index in [1.165, 1.54) is 69.2 Å². The fourth-order valence-electron chi connectivity index (χ4n) is 4.89. The van der Waals surface area contributed by atoms with E-state index in [9.17, 15) is 0 Å². The summed E-state index contributed by atoms with van der Waals surface area (Å²) in [6, 6.07) is 9.40. The Kier molecular flexibility index (Phi) is 3.43. The Morgan fingerprint density at radius 2 is 1.32 bits per heavy atom. The summed E-state index contributed by atoms with van der Waals surface area (Å²) >= 11 is 3.84. The molecule has 0 radical (unpaired) electrons. The van der Waals surface area contributed by atoms with Gasteiger partial charge in [0.1, 0.15) is 5.75 Å². The molecule has 28 heavy (non-hydrogen) atoms. The van der Waals surface area contributed by atoms with E-state index >= 15 is 0 Å². The van der Waals surface area contributed by atoms with Crippen molar-refractivity contribution in [2.45, 2.75) is 40.5 Å². The number of aryl methyl sites for hydroxylation is 2. The third-order valence-corrected chi connectivity index (χ3v) is 8.71. The maximum Gasteiger partial charge on any atom is 0.141 e. The van der Waals surface area contributed by atoms with Crippen LogP contribution in [0.15, 0.2) is 24.3 Å². The zero-order chi connectivity index (χ0) is 19.2. The molecule has 0 bridgehead atoms. The van der Waals surface area contributed by atoms with Gasteiger partial charge in [0.25, 0.3) is 0 Å². The molecule has 3 heteroatoms. The molecule has 6 rings (SSSR count). The van der Waals surface area contributed by atoms with Gasteiger partial charge in [-0.2, -0.15) is 0 Å². The summed E-state index contributed by atoms with van der Waals surface area (Å²) in [5.41, 5.74) is 9.85. The van der Waals surface area contributed by atoms with Crippen LogP contribution in [0.4, 0.5) is 0 Å². The van der Waals surface area contributed by atoms with E-state index in [1.54, 1.807) is 0 Å². The first-order valence-electron chi connectivity index (χ1n) is 10.1. The third kappa shape index (κ3) is 1.92. The van der Waals surface area contributed by atoms with Crippen molar-refractivity contribution >= 4 is 33.4 Å². The van der Waals surface area contributed by atoms with Gasteiger partial charge in [-0.1, -0.05) is 37.6 Å². The van der Waals surface area contributed by atoms with Crippen molar-refractivity contribution in [3.63, 3.8) is 0 Å². The van der Waals surface area contributed by atoms with Crippen LogP contribution in [-0.4, -0.2) is 6.61 Å². The second-order valence-corrected chi connectivity index (χ2v) is 10.4. The Morgan fingerprint density at radius 3 is 2.00 bits per heavy atom. The molecule has 2 heterocycles. The zero-order valence-corrected chi connectivity index (χ0v) is 18.3. The molecule has 0 aliphatic heterocycles.